The molecule has 3 rings (SSSR count). The summed E-state index contributed by atoms with van der Waals surface area (Å²) in [6.45, 7) is 0.876. The molecule has 1 aromatic heterocycles. The molecular weight excluding hydrogens is 248 g/mol. The lowest BCUT2D eigenvalue weighted by molar-refractivity contribution is -0.148. The van der Waals surface area contributed by atoms with Gasteiger partial charge in [0.2, 0.25) is 0 Å². The van der Waals surface area contributed by atoms with Gasteiger partial charge in [0, 0.05) is 11.3 Å². The SMILES string of the molecule is O=C(O)C1(Cc2csc3ccccc23)CCOC1. The number of thiophene rings is 1. The molecule has 0 amide bonds. The van der Waals surface area contributed by atoms with Gasteiger partial charge in [-0.05, 0) is 35.2 Å². The van der Waals surface area contributed by atoms with Crippen molar-refractivity contribution in [3.05, 3.63) is 35.2 Å². The fourth-order valence-electron chi connectivity index (χ4n) is 2.53. The molecule has 4 heteroatoms. The molecule has 1 aromatic carbocycles. The first-order valence-electron chi connectivity index (χ1n) is 5.98. The number of fused-ring (bicyclic) bond motifs is 1. The van der Waals surface area contributed by atoms with Crippen LogP contribution in [0.3, 0.4) is 0 Å². The molecule has 0 saturated carbocycles. The van der Waals surface area contributed by atoms with Crippen molar-refractivity contribution in [2.24, 2.45) is 5.41 Å². The molecule has 1 saturated heterocycles. The van der Waals surface area contributed by atoms with Gasteiger partial charge in [-0.2, -0.15) is 0 Å². The van der Waals surface area contributed by atoms with Crippen molar-refractivity contribution in [3.63, 3.8) is 0 Å². The third kappa shape index (κ3) is 1.82. The highest BCUT2D eigenvalue weighted by molar-refractivity contribution is 7.17. The number of benzene rings is 1. The molecule has 18 heavy (non-hydrogen) atoms. The summed E-state index contributed by atoms with van der Waals surface area (Å²) in [6.07, 6.45) is 1.17. The van der Waals surface area contributed by atoms with E-state index in [-0.39, 0.29) is 0 Å². The quantitative estimate of drug-likeness (QED) is 0.925. The van der Waals surface area contributed by atoms with Gasteiger partial charge in [-0.25, -0.2) is 0 Å². The zero-order valence-corrected chi connectivity index (χ0v) is 10.7. The standard InChI is InChI=1S/C14H14O3S/c15-13(16)14(5-6-17-9-14)7-10-8-18-12-4-2-1-3-11(10)12/h1-4,8H,5-7,9H2,(H,15,16). The highest BCUT2D eigenvalue weighted by Crippen LogP contribution is 2.37. The average Bonchev–Trinajstić information content (AvgIpc) is 2.99. The smallest absolute Gasteiger partial charge is 0.312 e. The zero-order valence-electron chi connectivity index (χ0n) is 9.89. The summed E-state index contributed by atoms with van der Waals surface area (Å²) in [4.78, 5) is 11.5. The Balaban J connectivity index is 1.98. The number of carboxylic acid groups (broad SMARTS) is 1. The van der Waals surface area contributed by atoms with Gasteiger partial charge in [0.25, 0.3) is 0 Å². The van der Waals surface area contributed by atoms with E-state index < -0.39 is 11.4 Å². The third-order valence-corrected chi connectivity index (χ3v) is 4.66. The summed E-state index contributed by atoms with van der Waals surface area (Å²) in [5, 5.41) is 12.7. The maximum Gasteiger partial charge on any atom is 0.312 e. The monoisotopic (exact) mass is 262 g/mol. The second-order valence-corrected chi connectivity index (χ2v) is 5.73. The lowest BCUT2D eigenvalue weighted by atomic mass is 9.81. The summed E-state index contributed by atoms with van der Waals surface area (Å²) in [7, 11) is 0. The number of carboxylic acids is 1. The average molecular weight is 262 g/mol. The van der Waals surface area contributed by atoms with Crippen molar-refractivity contribution in [1.29, 1.82) is 0 Å². The Kier molecular flexibility index (Phi) is 2.84. The van der Waals surface area contributed by atoms with Crippen LogP contribution in [0, 0.1) is 5.41 Å². The Morgan fingerprint density at radius 2 is 2.28 bits per heavy atom. The number of ether oxygens (including phenoxy) is 1. The van der Waals surface area contributed by atoms with E-state index >= 15 is 0 Å². The minimum Gasteiger partial charge on any atom is -0.481 e. The predicted octanol–water partition coefficient (Wildman–Crippen LogP) is 2.94. The molecule has 1 N–H and O–H groups in total. The molecule has 0 aliphatic carbocycles. The van der Waals surface area contributed by atoms with E-state index in [1.807, 2.05) is 12.1 Å². The number of hydrogen-bond donors (Lipinski definition) is 1. The van der Waals surface area contributed by atoms with E-state index in [0.717, 1.165) is 5.56 Å². The first-order chi connectivity index (χ1) is 8.71. The fraction of sp³-hybridized carbons (Fsp3) is 0.357. The van der Waals surface area contributed by atoms with Crippen molar-refractivity contribution in [2.45, 2.75) is 12.8 Å². The lowest BCUT2D eigenvalue weighted by Crippen LogP contribution is -2.33. The van der Waals surface area contributed by atoms with Crippen LogP contribution >= 0.6 is 11.3 Å². The molecule has 2 heterocycles. The molecule has 1 aliphatic rings. The summed E-state index contributed by atoms with van der Waals surface area (Å²) in [5.41, 5.74) is 0.396. The topological polar surface area (TPSA) is 46.5 Å². The van der Waals surface area contributed by atoms with E-state index in [2.05, 4.69) is 17.5 Å². The van der Waals surface area contributed by atoms with Crippen LogP contribution in [0.2, 0.25) is 0 Å². The molecule has 0 spiro atoms. The number of carbonyl (C=O) groups is 1. The fourth-order valence-corrected chi connectivity index (χ4v) is 3.49. The molecule has 0 radical (unpaired) electrons. The van der Waals surface area contributed by atoms with Crippen molar-refractivity contribution in [2.75, 3.05) is 13.2 Å². The Morgan fingerprint density at radius 3 is 3.00 bits per heavy atom. The first-order valence-corrected chi connectivity index (χ1v) is 6.85. The van der Waals surface area contributed by atoms with E-state index in [1.165, 1.54) is 10.1 Å². The molecule has 0 bridgehead atoms. The van der Waals surface area contributed by atoms with Crippen LogP contribution in [0.15, 0.2) is 29.6 Å². The van der Waals surface area contributed by atoms with Crippen LogP contribution in [0.1, 0.15) is 12.0 Å². The summed E-state index contributed by atoms with van der Waals surface area (Å²) in [5.74, 6) is -0.740. The van der Waals surface area contributed by atoms with Crippen molar-refractivity contribution >= 4 is 27.4 Å². The van der Waals surface area contributed by atoms with Gasteiger partial charge in [0.1, 0.15) is 0 Å². The summed E-state index contributed by atoms with van der Waals surface area (Å²) in [6, 6.07) is 8.14. The van der Waals surface area contributed by atoms with Crippen LogP contribution < -0.4 is 0 Å². The molecule has 3 nitrogen and oxygen atoms in total. The molecule has 1 aliphatic heterocycles. The van der Waals surface area contributed by atoms with Crippen LogP contribution in [0.5, 0.6) is 0 Å². The van der Waals surface area contributed by atoms with E-state index in [0.29, 0.717) is 26.1 Å². The summed E-state index contributed by atoms with van der Waals surface area (Å²) >= 11 is 1.67. The highest BCUT2D eigenvalue weighted by atomic mass is 32.1. The highest BCUT2D eigenvalue weighted by Gasteiger charge is 2.42. The van der Waals surface area contributed by atoms with Gasteiger partial charge in [-0.3, -0.25) is 4.79 Å². The summed E-state index contributed by atoms with van der Waals surface area (Å²) < 4.78 is 6.52. The molecule has 1 unspecified atom stereocenters. The van der Waals surface area contributed by atoms with Crippen molar-refractivity contribution in [3.8, 4) is 0 Å². The maximum atomic E-state index is 11.5. The maximum absolute atomic E-state index is 11.5. The van der Waals surface area contributed by atoms with Crippen LogP contribution in [-0.2, 0) is 16.0 Å². The van der Waals surface area contributed by atoms with E-state index in [1.54, 1.807) is 11.3 Å². The van der Waals surface area contributed by atoms with Crippen LogP contribution in [0.4, 0.5) is 0 Å². The van der Waals surface area contributed by atoms with Crippen molar-refractivity contribution < 1.29 is 14.6 Å². The predicted molar refractivity (Wildman–Crippen MR) is 71.0 cm³/mol. The number of aliphatic carboxylic acids is 1. The van der Waals surface area contributed by atoms with Gasteiger partial charge in [-0.1, -0.05) is 18.2 Å². The van der Waals surface area contributed by atoms with E-state index in [4.69, 9.17) is 4.74 Å². The number of rotatable bonds is 3. The minimum atomic E-state index is -0.740. The van der Waals surface area contributed by atoms with Gasteiger partial charge >= 0.3 is 5.97 Å². The Labute approximate surface area is 109 Å². The van der Waals surface area contributed by atoms with Crippen LogP contribution in [0.25, 0.3) is 10.1 Å². The largest absolute Gasteiger partial charge is 0.481 e. The van der Waals surface area contributed by atoms with Gasteiger partial charge in [0.05, 0.1) is 12.0 Å². The molecular formula is C14H14O3S. The van der Waals surface area contributed by atoms with E-state index in [9.17, 15) is 9.90 Å². The molecule has 94 valence electrons. The first kappa shape index (κ1) is 11.7. The second kappa shape index (κ2) is 4.37. The normalized spacial score (nSPS) is 23.6. The minimum absolute atomic E-state index is 0.326. The van der Waals surface area contributed by atoms with Gasteiger partial charge < -0.3 is 9.84 Å². The van der Waals surface area contributed by atoms with Crippen LogP contribution in [-0.4, -0.2) is 24.3 Å². The zero-order chi connectivity index (χ0) is 12.6. The van der Waals surface area contributed by atoms with Gasteiger partial charge in [0.15, 0.2) is 0 Å². The molecule has 1 fully saturated rings. The molecule has 1 atom stereocenters. The lowest BCUT2D eigenvalue weighted by Gasteiger charge is -2.21. The number of hydrogen-bond acceptors (Lipinski definition) is 3. The Morgan fingerprint density at radius 1 is 1.44 bits per heavy atom. The molecule has 2 aromatic rings. The second-order valence-electron chi connectivity index (χ2n) is 4.82. The Bertz CT molecular complexity index is 581. The Hall–Kier alpha value is -1.39. The third-order valence-electron chi connectivity index (χ3n) is 3.65. The van der Waals surface area contributed by atoms with Crippen molar-refractivity contribution in [1.82, 2.24) is 0 Å². The van der Waals surface area contributed by atoms with Gasteiger partial charge in [-0.15, -0.1) is 11.3 Å².